The van der Waals surface area contributed by atoms with Crippen molar-refractivity contribution in [1.82, 2.24) is 20.3 Å². The van der Waals surface area contributed by atoms with Crippen LogP contribution in [-0.4, -0.2) is 20.3 Å². The van der Waals surface area contributed by atoms with Gasteiger partial charge in [-0.25, -0.2) is 0 Å². The summed E-state index contributed by atoms with van der Waals surface area (Å²) in [5.74, 6) is 1.90. The number of para-hydroxylation sites is 1. The Balaban J connectivity index is 1.56. The zero-order chi connectivity index (χ0) is 14.9. The van der Waals surface area contributed by atoms with Crippen molar-refractivity contribution in [2.75, 3.05) is 0 Å². The largest absolute Gasteiger partial charge is 0.411 e. The van der Waals surface area contributed by atoms with Crippen LogP contribution in [0.4, 0.5) is 0 Å². The smallest absolute Gasteiger partial charge is 0.277 e. The van der Waals surface area contributed by atoms with Gasteiger partial charge in [0.1, 0.15) is 5.76 Å². The molecule has 4 aromatic rings. The molecule has 0 saturated carbocycles. The number of aryl methyl sites for hydroxylation is 1. The minimum absolute atomic E-state index is 0.508. The third kappa shape index (κ3) is 2.39. The molecular formula is C15H12N4O2S. The van der Waals surface area contributed by atoms with E-state index in [1.54, 1.807) is 0 Å². The summed E-state index contributed by atoms with van der Waals surface area (Å²) in [4.78, 5) is 3.20. The highest BCUT2D eigenvalue weighted by atomic mass is 32.2. The average molecular weight is 312 g/mol. The van der Waals surface area contributed by atoms with Crippen molar-refractivity contribution in [1.29, 1.82) is 0 Å². The highest BCUT2D eigenvalue weighted by Gasteiger charge is 2.14. The average Bonchev–Trinajstić information content (AvgIpc) is 3.23. The van der Waals surface area contributed by atoms with Crippen molar-refractivity contribution in [3.05, 3.63) is 48.0 Å². The van der Waals surface area contributed by atoms with Crippen molar-refractivity contribution >= 4 is 22.7 Å². The normalized spacial score (nSPS) is 11.3. The molecule has 0 aliphatic heterocycles. The van der Waals surface area contributed by atoms with Gasteiger partial charge in [-0.1, -0.05) is 35.1 Å². The molecule has 0 spiro atoms. The van der Waals surface area contributed by atoms with Gasteiger partial charge in [0.05, 0.1) is 17.0 Å². The van der Waals surface area contributed by atoms with Crippen LogP contribution in [0.3, 0.4) is 0 Å². The SMILES string of the molecule is Cc1cc(CSc2nnc(-c3c[nH]c4ccccc34)o2)on1. The molecule has 0 saturated heterocycles. The number of nitrogens with zero attached hydrogens (tertiary/aromatic N) is 3. The fraction of sp³-hybridized carbons (Fsp3) is 0.133. The summed E-state index contributed by atoms with van der Waals surface area (Å²) in [6.45, 7) is 1.89. The Bertz CT molecular complexity index is 924. The fourth-order valence-electron chi connectivity index (χ4n) is 2.24. The van der Waals surface area contributed by atoms with Crippen LogP contribution < -0.4 is 0 Å². The second-order valence-electron chi connectivity index (χ2n) is 4.84. The van der Waals surface area contributed by atoms with Gasteiger partial charge in [-0.3, -0.25) is 0 Å². The summed E-state index contributed by atoms with van der Waals surface area (Å²) in [5, 5.41) is 13.6. The lowest BCUT2D eigenvalue weighted by atomic mass is 10.2. The van der Waals surface area contributed by atoms with E-state index >= 15 is 0 Å². The van der Waals surface area contributed by atoms with Gasteiger partial charge in [-0.05, 0) is 13.0 Å². The van der Waals surface area contributed by atoms with Crippen LogP contribution in [0.1, 0.15) is 11.5 Å². The minimum Gasteiger partial charge on any atom is -0.411 e. The van der Waals surface area contributed by atoms with Gasteiger partial charge in [-0.15, -0.1) is 10.2 Å². The van der Waals surface area contributed by atoms with E-state index in [0.29, 0.717) is 16.9 Å². The van der Waals surface area contributed by atoms with Crippen LogP contribution in [0.5, 0.6) is 0 Å². The van der Waals surface area contributed by atoms with Crippen LogP contribution in [0.25, 0.3) is 22.4 Å². The Morgan fingerprint density at radius 3 is 3.00 bits per heavy atom. The molecule has 7 heteroatoms. The standard InChI is InChI=1S/C15H12N4O2S/c1-9-6-10(21-19-9)8-22-15-18-17-14(20-15)12-7-16-13-5-3-2-4-11(12)13/h2-7,16H,8H2,1H3. The first-order valence-corrected chi connectivity index (χ1v) is 7.73. The molecule has 22 heavy (non-hydrogen) atoms. The zero-order valence-electron chi connectivity index (χ0n) is 11.7. The topological polar surface area (TPSA) is 80.7 Å². The Morgan fingerprint density at radius 1 is 1.23 bits per heavy atom. The summed E-state index contributed by atoms with van der Waals surface area (Å²) >= 11 is 1.43. The first kappa shape index (κ1) is 13.1. The molecule has 4 rings (SSSR count). The molecule has 0 radical (unpaired) electrons. The predicted octanol–water partition coefficient (Wildman–Crippen LogP) is 3.81. The van der Waals surface area contributed by atoms with E-state index in [0.717, 1.165) is 27.9 Å². The maximum absolute atomic E-state index is 5.72. The van der Waals surface area contributed by atoms with Gasteiger partial charge in [0.15, 0.2) is 0 Å². The van der Waals surface area contributed by atoms with Gasteiger partial charge in [0, 0.05) is 23.2 Å². The number of thioether (sulfide) groups is 1. The van der Waals surface area contributed by atoms with Gasteiger partial charge < -0.3 is 13.9 Å². The van der Waals surface area contributed by atoms with Crippen molar-refractivity contribution in [2.24, 2.45) is 0 Å². The number of aromatic amines is 1. The van der Waals surface area contributed by atoms with Gasteiger partial charge in [-0.2, -0.15) is 0 Å². The molecule has 0 fully saturated rings. The van der Waals surface area contributed by atoms with Crippen LogP contribution in [0, 0.1) is 6.92 Å². The number of rotatable bonds is 4. The summed E-state index contributed by atoms with van der Waals surface area (Å²) in [7, 11) is 0. The van der Waals surface area contributed by atoms with E-state index in [2.05, 4.69) is 20.3 Å². The third-order valence-electron chi connectivity index (χ3n) is 3.24. The minimum atomic E-state index is 0.508. The maximum atomic E-state index is 5.72. The Morgan fingerprint density at radius 2 is 2.14 bits per heavy atom. The molecule has 1 N–H and O–H groups in total. The van der Waals surface area contributed by atoms with E-state index in [9.17, 15) is 0 Å². The van der Waals surface area contributed by atoms with Crippen molar-refractivity contribution < 1.29 is 8.94 Å². The number of hydrogen-bond acceptors (Lipinski definition) is 6. The van der Waals surface area contributed by atoms with E-state index < -0.39 is 0 Å². The Hall–Kier alpha value is -2.54. The predicted molar refractivity (Wildman–Crippen MR) is 82.4 cm³/mol. The number of benzene rings is 1. The van der Waals surface area contributed by atoms with Crippen LogP contribution in [0.15, 0.2) is 50.7 Å². The molecule has 1 aromatic carbocycles. The highest BCUT2D eigenvalue weighted by molar-refractivity contribution is 7.98. The molecule has 3 heterocycles. The highest BCUT2D eigenvalue weighted by Crippen LogP contribution is 2.30. The summed E-state index contributed by atoms with van der Waals surface area (Å²) < 4.78 is 10.9. The van der Waals surface area contributed by atoms with Gasteiger partial charge in [0.25, 0.3) is 11.1 Å². The summed E-state index contributed by atoms with van der Waals surface area (Å²) in [6, 6.07) is 9.89. The molecule has 0 aliphatic carbocycles. The zero-order valence-corrected chi connectivity index (χ0v) is 12.6. The maximum Gasteiger partial charge on any atom is 0.277 e. The number of hydrogen-bond donors (Lipinski definition) is 1. The molecule has 0 atom stereocenters. The van der Waals surface area contributed by atoms with E-state index in [1.807, 2.05) is 43.5 Å². The van der Waals surface area contributed by atoms with Gasteiger partial charge >= 0.3 is 0 Å². The van der Waals surface area contributed by atoms with Crippen LogP contribution in [-0.2, 0) is 5.75 Å². The molecular weight excluding hydrogens is 300 g/mol. The molecule has 110 valence electrons. The number of H-pyrrole nitrogens is 1. The molecule has 6 nitrogen and oxygen atoms in total. The lowest BCUT2D eigenvalue weighted by Crippen LogP contribution is -1.76. The number of aromatic nitrogens is 4. The molecule has 3 aromatic heterocycles. The van der Waals surface area contributed by atoms with Crippen molar-refractivity contribution in [3.63, 3.8) is 0 Å². The fourth-order valence-corrected chi connectivity index (χ4v) is 2.88. The number of fused-ring (bicyclic) bond motifs is 1. The van der Waals surface area contributed by atoms with Gasteiger partial charge in [0.2, 0.25) is 0 Å². The molecule has 0 aliphatic rings. The quantitative estimate of drug-likeness (QED) is 0.577. The van der Waals surface area contributed by atoms with Crippen LogP contribution >= 0.6 is 11.8 Å². The van der Waals surface area contributed by atoms with Crippen LogP contribution in [0.2, 0.25) is 0 Å². The Labute approximate surface area is 129 Å². The third-order valence-corrected chi connectivity index (χ3v) is 4.08. The monoisotopic (exact) mass is 312 g/mol. The van der Waals surface area contributed by atoms with Crippen molar-refractivity contribution in [3.8, 4) is 11.5 Å². The lowest BCUT2D eigenvalue weighted by molar-refractivity contribution is 0.390. The first-order chi connectivity index (χ1) is 10.8. The number of nitrogens with one attached hydrogen (secondary N) is 1. The first-order valence-electron chi connectivity index (χ1n) is 6.74. The van der Waals surface area contributed by atoms with E-state index in [4.69, 9.17) is 8.94 Å². The van der Waals surface area contributed by atoms with Crippen molar-refractivity contribution in [2.45, 2.75) is 17.9 Å². The molecule has 0 unspecified atom stereocenters. The second kappa shape index (κ2) is 5.34. The van der Waals surface area contributed by atoms with E-state index in [1.165, 1.54) is 11.8 Å². The summed E-state index contributed by atoms with van der Waals surface area (Å²) in [5.41, 5.74) is 2.81. The summed E-state index contributed by atoms with van der Waals surface area (Å²) in [6.07, 6.45) is 1.88. The lowest BCUT2D eigenvalue weighted by Gasteiger charge is -1.92. The Kier molecular flexibility index (Phi) is 3.19. The molecule has 0 amide bonds. The second-order valence-corrected chi connectivity index (χ2v) is 5.77. The van der Waals surface area contributed by atoms with E-state index in [-0.39, 0.29) is 0 Å². The molecule has 0 bridgehead atoms.